The summed E-state index contributed by atoms with van der Waals surface area (Å²) in [6, 6.07) is 0. The summed E-state index contributed by atoms with van der Waals surface area (Å²) in [5.41, 5.74) is 0. The van der Waals surface area contributed by atoms with Gasteiger partial charge >= 0.3 is 0 Å². The molecule has 0 saturated heterocycles. The normalized spacial score (nSPS) is 10.8. The van der Waals surface area contributed by atoms with Gasteiger partial charge in [0.05, 0.1) is 52.4 Å². The predicted molar refractivity (Wildman–Crippen MR) is 84.8 cm³/mol. The Balaban J connectivity index is -0.000000116. The van der Waals surface area contributed by atoms with Crippen molar-refractivity contribution >= 4 is 0 Å². The zero-order valence-electron chi connectivity index (χ0n) is 15.3. The molecule has 0 aromatic heterocycles. The molecule has 0 fully saturated rings. The van der Waals surface area contributed by atoms with Crippen molar-refractivity contribution in [3.8, 4) is 0 Å². The van der Waals surface area contributed by atoms with Gasteiger partial charge in [0.15, 0.2) is 0 Å². The minimum absolute atomic E-state index is 0. The molecule has 0 rings (SSSR count). The number of nitrogens with zero attached hydrogens (tertiary/aromatic N) is 2. The monoisotopic (exact) mass is 314 g/mol. The molecular weight excluding hydrogens is 275 g/mol. The van der Waals surface area contributed by atoms with E-state index in [4.69, 9.17) is 0 Å². The largest absolute Gasteiger partial charge is 1.00 e. The van der Waals surface area contributed by atoms with Crippen LogP contribution in [0.3, 0.4) is 0 Å². The third-order valence-electron chi connectivity index (χ3n) is 5.37. The van der Waals surface area contributed by atoms with E-state index in [0.717, 1.165) is 0 Å². The third-order valence-corrected chi connectivity index (χ3v) is 5.37. The van der Waals surface area contributed by atoms with E-state index in [-0.39, 0.29) is 17.1 Å². The molecule has 0 amide bonds. The van der Waals surface area contributed by atoms with Gasteiger partial charge in [0.25, 0.3) is 0 Å². The van der Waals surface area contributed by atoms with E-state index in [1.54, 1.807) is 0 Å². The zero-order chi connectivity index (χ0) is 14.7. The summed E-state index contributed by atoms with van der Waals surface area (Å²) in [6.45, 7) is 28.4. The molecule has 2 nitrogen and oxygen atoms in total. The quantitative estimate of drug-likeness (QED) is 0.445. The maximum atomic E-state index is 2.27. The van der Waals surface area contributed by atoms with Crippen molar-refractivity contribution in [3.05, 3.63) is 0 Å². The van der Waals surface area contributed by atoms with Crippen LogP contribution >= 0.6 is 0 Å². The van der Waals surface area contributed by atoms with Gasteiger partial charge in [0.1, 0.15) is 0 Å². The van der Waals surface area contributed by atoms with Gasteiger partial charge in [0, 0.05) is 0 Å². The molecule has 4 heteroatoms. The summed E-state index contributed by atoms with van der Waals surface area (Å²) < 4.78 is 2.56. The highest BCUT2D eigenvalue weighted by Gasteiger charge is 2.16. The Bertz CT molecular complexity index is 126. The fourth-order valence-electron chi connectivity index (χ4n) is 2.68. The summed E-state index contributed by atoms with van der Waals surface area (Å²) in [6.07, 6.45) is 0. The van der Waals surface area contributed by atoms with Crippen LogP contribution in [0.25, 0.3) is 0 Å². The second-order valence-electron chi connectivity index (χ2n) is 5.21. The van der Waals surface area contributed by atoms with E-state index in [2.05, 4.69) is 55.4 Å². The maximum absolute atomic E-state index is 2.27. The summed E-state index contributed by atoms with van der Waals surface area (Å²) in [4.78, 5) is 0. The number of halogens is 2. The first-order valence-corrected chi connectivity index (χ1v) is 8.19. The lowest BCUT2D eigenvalue weighted by atomic mass is 10.3. The van der Waals surface area contributed by atoms with Gasteiger partial charge < -0.3 is 26.1 Å². The minimum Gasteiger partial charge on any atom is -1.00 e. The van der Waals surface area contributed by atoms with E-state index >= 15 is 0 Å². The van der Waals surface area contributed by atoms with Crippen LogP contribution in [-0.2, 0) is 0 Å². The van der Waals surface area contributed by atoms with Crippen LogP contribution in [-0.4, -0.2) is 61.3 Å². The molecule has 0 aromatic rings. The van der Waals surface area contributed by atoms with Crippen LogP contribution in [0.15, 0.2) is 0 Å². The molecule has 0 aliphatic heterocycles. The summed E-state index contributed by atoms with van der Waals surface area (Å²) in [7, 11) is 0. The summed E-state index contributed by atoms with van der Waals surface area (Å²) >= 11 is 0. The van der Waals surface area contributed by atoms with Gasteiger partial charge in [-0.25, -0.2) is 0 Å². The van der Waals surface area contributed by atoms with Gasteiger partial charge in [-0.15, -0.1) is 0 Å². The molecule has 0 N–H and O–H groups in total. The van der Waals surface area contributed by atoms with Gasteiger partial charge in [-0.1, -0.05) is 0 Å². The number of quaternary nitrogens is 2. The molecule has 0 atom stereocenters. The molecular formula is C16H40ClFN2. The van der Waals surface area contributed by atoms with E-state index in [9.17, 15) is 0 Å². The maximum Gasteiger partial charge on any atom is 0.0757 e. The van der Waals surface area contributed by atoms with Gasteiger partial charge in [0.2, 0.25) is 0 Å². The highest BCUT2D eigenvalue weighted by atomic mass is 35.5. The fraction of sp³-hybridized carbons (Fsp3) is 1.00. The molecule has 0 heterocycles. The molecule has 0 aliphatic carbocycles. The summed E-state index contributed by atoms with van der Waals surface area (Å²) in [5, 5.41) is 0. The Labute approximate surface area is 134 Å². The first-order chi connectivity index (χ1) is 8.49. The highest BCUT2D eigenvalue weighted by molar-refractivity contribution is 4.31. The number of hydrogen-bond donors (Lipinski definition) is 0. The third kappa shape index (κ3) is 9.15. The molecule has 0 bridgehead atoms. The van der Waals surface area contributed by atoms with E-state index < -0.39 is 0 Å². The lowest BCUT2D eigenvalue weighted by Crippen LogP contribution is -3.00. The fourth-order valence-corrected chi connectivity index (χ4v) is 2.68. The SMILES string of the molecule is CC[N+](CC)(CC)CC.CC[N+](CC)(CC)CC.[Cl-].[F-]. The number of rotatable bonds is 8. The second-order valence-corrected chi connectivity index (χ2v) is 5.21. The minimum atomic E-state index is 0. The first-order valence-electron chi connectivity index (χ1n) is 8.19. The smallest absolute Gasteiger partial charge is 0.0757 e. The topological polar surface area (TPSA) is 0 Å². The van der Waals surface area contributed by atoms with Crippen LogP contribution < -0.4 is 17.1 Å². The Morgan fingerprint density at radius 2 is 0.500 bits per heavy atom. The Morgan fingerprint density at radius 3 is 0.500 bits per heavy atom. The average molecular weight is 315 g/mol. The molecule has 0 aromatic carbocycles. The molecule has 0 aliphatic rings. The van der Waals surface area contributed by atoms with Gasteiger partial charge in [-0.05, 0) is 55.4 Å². The predicted octanol–water partition coefficient (Wildman–Crippen LogP) is -2.23. The van der Waals surface area contributed by atoms with Crippen molar-refractivity contribution in [3.63, 3.8) is 0 Å². The van der Waals surface area contributed by atoms with Crippen molar-refractivity contribution in [1.82, 2.24) is 0 Å². The van der Waals surface area contributed by atoms with Crippen LogP contribution in [0.1, 0.15) is 55.4 Å². The van der Waals surface area contributed by atoms with Crippen LogP contribution in [0.5, 0.6) is 0 Å². The van der Waals surface area contributed by atoms with Crippen molar-refractivity contribution in [2.75, 3.05) is 52.4 Å². The van der Waals surface area contributed by atoms with E-state index in [1.165, 1.54) is 61.3 Å². The standard InChI is InChI=1S/2C8H20N.ClH.FH/c2*1-5-9(6-2,7-3)8-4;;/h2*5-8H2,1-4H3;2*1H/q2*+1;;/p-2. The Kier molecular flexibility index (Phi) is 22.0. The molecule has 0 radical (unpaired) electrons. The summed E-state index contributed by atoms with van der Waals surface area (Å²) in [5.74, 6) is 0. The van der Waals surface area contributed by atoms with Crippen molar-refractivity contribution in [1.29, 1.82) is 0 Å². The molecule has 0 spiro atoms. The van der Waals surface area contributed by atoms with Crippen LogP contribution in [0, 0.1) is 0 Å². The number of hydrogen-bond acceptors (Lipinski definition) is 0. The van der Waals surface area contributed by atoms with Gasteiger partial charge in [-0.2, -0.15) is 0 Å². The van der Waals surface area contributed by atoms with Crippen LogP contribution in [0.2, 0.25) is 0 Å². The lowest BCUT2D eigenvalue weighted by molar-refractivity contribution is -0.921. The molecule has 20 heavy (non-hydrogen) atoms. The molecule has 0 saturated carbocycles. The lowest BCUT2D eigenvalue weighted by Gasteiger charge is -2.34. The van der Waals surface area contributed by atoms with E-state index in [0.29, 0.717) is 0 Å². The zero-order valence-corrected chi connectivity index (χ0v) is 16.1. The Hall–Kier alpha value is 0.140. The van der Waals surface area contributed by atoms with Crippen molar-refractivity contribution in [2.24, 2.45) is 0 Å². The van der Waals surface area contributed by atoms with Crippen molar-refractivity contribution in [2.45, 2.75) is 55.4 Å². The van der Waals surface area contributed by atoms with Crippen molar-refractivity contribution < 1.29 is 26.1 Å². The first kappa shape index (κ1) is 28.3. The Morgan fingerprint density at radius 1 is 0.400 bits per heavy atom. The molecule has 0 unspecified atom stereocenters. The van der Waals surface area contributed by atoms with Crippen LogP contribution in [0.4, 0.5) is 0 Å². The molecule has 128 valence electrons. The average Bonchev–Trinajstić information content (AvgIpc) is 2.46. The van der Waals surface area contributed by atoms with E-state index in [1.807, 2.05) is 0 Å². The highest BCUT2D eigenvalue weighted by Crippen LogP contribution is 2.03. The van der Waals surface area contributed by atoms with Gasteiger partial charge in [-0.3, -0.25) is 0 Å². The second kappa shape index (κ2) is 15.5.